The fraction of sp³-hybridized carbons (Fsp3) is 0.234. The molecular formula is C47H47N. The van der Waals surface area contributed by atoms with E-state index in [1.807, 2.05) is 0 Å². The van der Waals surface area contributed by atoms with E-state index in [4.69, 9.17) is 0 Å². The Balaban J connectivity index is 1.76. The molecule has 1 nitrogen and oxygen atoms in total. The van der Waals surface area contributed by atoms with Crippen molar-refractivity contribution in [3.8, 4) is 55.6 Å². The highest BCUT2D eigenvalue weighted by atomic mass is 15.1. The number of hydrogen-bond acceptors (Lipinski definition) is 1. The van der Waals surface area contributed by atoms with Gasteiger partial charge < -0.3 is 4.90 Å². The quantitative estimate of drug-likeness (QED) is 0.154. The molecule has 240 valence electrons. The Hall–Kier alpha value is -4.88. The fourth-order valence-electron chi connectivity index (χ4n) is 8.58. The largest absolute Gasteiger partial charge is 0.371 e. The van der Waals surface area contributed by atoms with Gasteiger partial charge in [0.05, 0.1) is 5.69 Å². The van der Waals surface area contributed by atoms with Crippen molar-refractivity contribution >= 4 is 5.69 Å². The van der Waals surface area contributed by atoms with Crippen LogP contribution < -0.4 is 4.90 Å². The molecule has 0 saturated heterocycles. The van der Waals surface area contributed by atoms with Crippen LogP contribution in [-0.2, 0) is 18.3 Å². The van der Waals surface area contributed by atoms with E-state index in [2.05, 4.69) is 174 Å². The SMILES string of the molecule is CCc1c(-c2ccccc2)cc2c(c1-c1ccccc1)C(C)(C)c1c(-c3ccccc3)c(CC)c(-c3ccccc3)c(N(CC)CC)c1-2. The second-order valence-electron chi connectivity index (χ2n) is 13.5. The monoisotopic (exact) mass is 625 g/mol. The van der Waals surface area contributed by atoms with Crippen molar-refractivity contribution in [3.05, 3.63) is 150 Å². The molecule has 0 heterocycles. The van der Waals surface area contributed by atoms with Gasteiger partial charge in [0.25, 0.3) is 0 Å². The maximum Gasteiger partial charge on any atom is 0.0531 e. The van der Waals surface area contributed by atoms with Gasteiger partial charge in [0.15, 0.2) is 0 Å². The summed E-state index contributed by atoms with van der Waals surface area (Å²) in [5.74, 6) is 0. The van der Waals surface area contributed by atoms with Crippen LogP contribution in [0.4, 0.5) is 5.69 Å². The molecular weight excluding hydrogens is 579 g/mol. The molecule has 1 aliphatic carbocycles. The van der Waals surface area contributed by atoms with E-state index in [9.17, 15) is 0 Å². The highest BCUT2D eigenvalue weighted by Crippen LogP contribution is 2.62. The highest BCUT2D eigenvalue weighted by Gasteiger charge is 2.45. The minimum Gasteiger partial charge on any atom is -0.371 e. The molecule has 6 aromatic rings. The lowest BCUT2D eigenvalue weighted by molar-refractivity contribution is 0.661. The minimum atomic E-state index is -0.249. The third-order valence-electron chi connectivity index (χ3n) is 10.6. The average molecular weight is 626 g/mol. The van der Waals surface area contributed by atoms with Crippen LogP contribution in [0.2, 0.25) is 0 Å². The first-order valence-electron chi connectivity index (χ1n) is 17.9. The van der Waals surface area contributed by atoms with Gasteiger partial charge in [-0.05, 0) is 99.5 Å². The first-order valence-corrected chi connectivity index (χ1v) is 17.9. The summed E-state index contributed by atoms with van der Waals surface area (Å²) in [5.41, 5.74) is 20.4. The zero-order valence-corrected chi connectivity index (χ0v) is 29.4. The normalized spacial score (nSPS) is 12.9. The van der Waals surface area contributed by atoms with Gasteiger partial charge in [-0.1, -0.05) is 149 Å². The Morgan fingerprint density at radius 2 is 0.854 bits per heavy atom. The summed E-state index contributed by atoms with van der Waals surface area (Å²) in [4.78, 5) is 2.62. The van der Waals surface area contributed by atoms with Gasteiger partial charge in [-0.3, -0.25) is 0 Å². The zero-order chi connectivity index (χ0) is 33.4. The molecule has 1 aliphatic rings. The Bertz CT molecular complexity index is 2050. The topological polar surface area (TPSA) is 3.24 Å². The number of nitrogens with zero attached hydrogens (tertiary/aromatic N) is 1. The third-order valence-corrected chi connectivity index (χ3v) is 10.6. The maximum absolute atomic E-state index is 2.62. The molecule has 0 unspecified atom stereocenters. The molecule has 1 heteroatoms. The summed E-state index contributed by atoms with van der Waals surface area (Å²) in [5, 5.41) is 0. The number of fused-ring (bicyclic) bond motifs is 3. The lowest BCUT2D eigenvalue weighted by atomic mass is 9.72. The van der Waals surface area contributed by atoms with Gasteiger partial charge in [-0.2, -0.15) is 0 Å². The van der Waals surface area contributed by atoms with Crippen LogP contribution >= 0.6 is 0 Å². The minimum absolute atomic E-state index is 0.249. The average Bonchev–Trinajstić information content (AvgIpc) is 3.38. The van der Waals surface area contributed by atoms with Crippen LogP contribution in [0.25, 0.3) is 55.6 Å². The molecule has 0 atom stereocenters. The van der Waals surface area contributed by atoms with E-state index >= 15 is 0 Å². The van der Waals surface area contributed by atoms with Gasteiger partial charge in [-0.25, -0.2) is 0 Å². The summed E-state index contributed by atoms with van der Waals surface area (Å²) in [7, 11) is 0. The molecule has 0 spiro atoms. The maximum atomic E-state index is 2.62. The van der Waals surface area contributed by atoms with E-state index in [1.54, 1.807) is 0 Å². The zero-order valence-electron chi connectivity index (χ0n) is 29.4. The van der Waals surface area contributed by atoms with Gasteiger partial charge in [0, 0.05) is 29.6 Å². The van der Waals surface area contributed by atoms with Crippen LogP contribution in [0.1, 0.15) is 63.8 Å². The van der Waals surface area contributed by atoms with E-state index < -0.39 is 0 Å². The second-order valence-corrected chi connectivity index (χ2v) is 13.5. The van der Waals surface area contributed by atoms with Gasteiger partial charge in [0.1, 0.15) is 0 Å². The van der Waals surface area contributed by atoms with Gasteiger partial charge >= 0.3 is 0 Å². The van der Waals surface area contributed by atoms with Crippen molar-refractivity contribution in [1.82, 2.24) is 0 Å². The number of hydrogen-bond donors (Lipinski definition) is 0. The molecule has 0 saturated carbocycles. The Morgan fingerprint density at radius 1 is 0.438 bits per heavy atom. The Labute approximate surface area is 287 Å². The van der Waals surface area contributed by atoms with Crippen molar-refractivity contribution < 1.29 is 0 Å². The van der Waals surface area contributed by atoms with Crippen LogP contribution in [0, 0.1) is 0 Å². The van der Waals surface area contributed by atoms with E-state index in [-0.39, 0.29) is 5.41 Å². The highest BCUT2D eigenvalue weighted by molar-refractivity contribution is 6.07. The first kappa shape index (κ1) is 31.7. The lowest BCUT2D eigenvalue weighted by Gasteiger charge is -2.34. The Morgan fingerprint density at radius 3 is 1.29 bits per heavy atom. The van der Waals surface area contributed by atoms with Crippen LogP contribution in [-0.4, -0.2) is 13.1 Å². The predicted octanol–water partition coefficient (Wildman–Crippen LogP) is 12.6. The molecule has 0 aromatic heterocycles. The Kier molecular flexibility index (Phi) is 8.56. The molecule has 0 amide bonds. The summed E-state index contributed by atoms with van der Waals surface area (Å²) in [6, 6.07) is 47.2. The van der Waals surface area contributed by atoms with Crippen LogP contribution in [0.15, 0.2) is 127 Å². The molecule has 6 aromatic carbocycles. The first-order chi connectivity index (χ1) is 23.5. The standard InChI is InChI=1S/C47H47N/c1-7-36-38(32-23-15-11-16-24-32)31-39-43-45(47(5,6)44(39)40(36)33-25-17-12-18-26-33)41(34-27-19-13-20-28-34)37(8-2)42(35-29-21-14-22-30-35)46(43)48(9-3)10-4/h11-31H,7-10H2,1-6H3. The molecule has 0 aliphatic heterocycles. The molecule has 0 N–H and O–H groups in total. The van der Waals surface area contributed by atoms with Gasteiger partial charge in [-0.15, -0.1) is 0 Å². The third kappa shape index (κ3) is 4.99. The number of rotatable bonds is 9. The van der Waals surface area contributed by atoms with Crippen molar-refractivity contribution in [3.63, 3.8) is 0 Å². The summed E-state index contributed by atoms with van der Waals surface area (Å²) >= 11 is 0. The summed E-state index contributed by atoms with van der Waals surface area (Å²) < 4.78 is 0. The molecule has 48 heavy (non-hydrogen) atoms. The van der Waals surface area contributed by atoms with Gasteiger partial charge in [0.2, 0.25) is 0 Å². The van der Waals surface area contributed by atoms with Crippen LogP contribution in [0.5, 0.6) is 0 Å². The van der Waals surface area contributed by atoms with Crippen molar-refractivity contribution in [1.29, 1.82) is 0 Å². The molecule has 7 rings (SSSR count). The molecule has 0 fully saturated rings. The van der Waals surface area contributed by atoms with E-state index in [0.29, 0.717) is 0 Å². The van der Waals surface area contributed by atoms with E-state index in [1.165, 1.54) is 83.6 Å². The predicted molar refractivity (Wildman–Crippen MR) is 208 cm³/mol. The molecule has 0 bridgehead atoms. The summed E-state index contributed by atoms with van der Waals surface area (Å²) in [6.45, 7) is 16.2. The second kappa shape index (κ2) is 13.0. The molecule has 0 radical (unpaired) electrons. The smallest absolute Gasteiger partial charge is 0.0531 e. The van der Waals surface area contributed by atoms with Crippen molar-refractivity contribution in [2.75, 3.05) is 18.0 Å². The number of benzene rings is 6. The lowest BCUT2D eigenvalue weighted by Crippen LogP contribution is -2.25. The van der Waals surface area contributed by atoms with Crippen molar-refractivity contribution in [2.45, 2.75) is 59.8 Å². The van der Waals surface area contributed by atoms with Crippen molar-refractivity contribution in [2.24, 2.45) is 0 Å². The van der Waals surface area contributed by atoms with Crippen LogP contribution in [0.3, 0.4) is 0 Å². The fourth-order valence-corrected chi connectivity index (χ4v) is 8.58. The summed E-state index contributed by atoms with van der Waals surface area (Å²) in [6.07, 6.45) is 1.90. The number of anilines is 1. The van der Waals surface area contributed by atoms with E-state index in [0.717, 1.165) is 25.9 Å².